The lowest BCUT2D eigenvalue weighted by atomic mass is 10.1. The third-order valence-corrected chi connectivity index (χ3v) is 4.89. The highest BCUT2D eigenvalue weighted by molar-refractivity contribution is 5.89. The van der Waals surface area contributed by atoms with Crippen LogP contribution in [-0.2, 0) is 6.42 Å². The van der Waals surface area contributed by atoms with Gasteiger partial charge in [-0.1, -0.05) is 54.5 Å². The van der Waals surface area contributed by atoms with Crippen LogP contribution < -0.4 is 5.32 Å². The van der Waals surface area contributed by atoms with Crippen molar-refractivity contribution < 1.29 is 9.32 Å². The van der Waals surface area contributed by atoms with E-state index in [-0.39, 0.29) is 12.1 Å². The first-order valence-electron chi connectivity index (χ1n) is 9.30. The molecule has 27 heavy (non-hydrogen) atoms. The Morgan fingerprint density at radius 3 is 2.70 bits per heavy atom. The largest absolute Gasteiger partial charge is 0.337 e. The summed E-state index contributed by atoms with van der Waals surface area (Å²) >= 11 is 0. The number of anilines is 1. The number of amides is 2. The second-order valence-corrected chi connectivity index (χ2v) is 6.65. The number of rotatable bonds is 4. The Morgan fingerprint density at radius 2 is 1.96 bits per heavy atom. The number of aromatic nitrogens is 2. The SMILES string of the molecule is CCc1ccc(NC(=O)N2CCC[C@@H]2c2nc(-c3ccccc3)no2)cc1. The van der Waals surface area contributed by atoms with Crippen molar-refractivity contribution in [1.29, 1.82) is 0 Å². The number of hydrogen-bond donors (Lipinski definition) is 1. The first-order chi connectivity index (χ1) is 13.2. The summed E-state index contributed by atoms with van der Waals surface area (Å²) in [5.41, 5.74) is 2.93. The summed E-state index contributed by atoms with van der Waals surface area (Å²) in [6.07, 6.45) is 2.71. The molecular weight excluding hydrogens is 340 g/mol. The molecule has 1 atom stereocenters. The Morgan fingerprint density at radius 1 is 1.19 bits per heavy atom. The van der Waals surface area contributed by atoms with E-state index in [1.807, 2.05) is 54.6 Å². The van der Waals surface area contributed by atoms with E-state index in [9.17, 15) is 4.79 Å². The predicted molar refractivity (Wildman–Crippen MR) is 103 cm³/mol. The van der Waals surface area contributed by atoms with E-state index >= 15 is 0 Å². The number of carbonyl (C=O) groups is 1. The van der Waals surface area contributed by atoms with E-state index in [2.05, 4.69) is 22.4 Å². The van der Waals surface area contributed by atoms with Crippen LogP contribution in [0.5, 0.6) is 0 Å². The quantitative estimate of drug-likeness (QED) is 0.732. The first kappa shape index (κ1) is 17.3. The number of nitrogens with one attached hydrogen (secondary N) is 1. The van der Waals surface area contributed by atoms with Crippen LogP contribution in [-0.4, -0.2) is 27.6 Å². The fraction of sp³-hybridized carbons (Fsp3) is 0.286. The van der Waals surface area contributed by atoms with Crippen LogP contribution in [0.25, 0.3) is 11.4 Å². The Bertz CT molecular complexity index is 905. The van der Waals surface area contributed by atoms with Crippen molar-refractivity contribution in [2.24, 2.45) is 0 Å². The summed E-state index contributed by atoms with van der Waals surface area (Å²) in [4.78, 5) is 19.1. The average molecular weight is 362 g/mol. The monoisotopic (exact) mass is 362 g/mol. The fourth-order valence-electron chi connectivity index (χ4n) is 3.36. The molecule has 4 rings (SSSR count). The zero-order chi connectivity index (χ0) is 18.6. The molecular formula is C21H22N4O2. The Balaban J connectivity index is 1.48. The molecule has 0 radical (unpaired) electrons. The molecule has 1 aliphatic heterocycles. The molecule has 3 aromatic rings. The summed E-state index contributed by atoms with van der Waals surface area (Å²) in [6.45, 7) is 2.78. The molecule has 1 saturated heterocycles. The van der Waals surface area contributed by atoms with Crippen molar-refractivity contribution in [2.75, 3.05) is 11.9 Å². The number of benzene rings is 2. The van der Waals surface area contributed by atoms with Crippen LogP contribution in [0.3, 0.4) is 0 Å². The molecule has 0 unspecified atom stereocenters. The lowest BCUT2D eigenvalue weighted by Gasteiger charge is -2.22. The van der Waals surface area contributed by atoms with Gasteiger partial charge in [0.15, 0.2) is 0 Å². The van der Waals surface area contributed by atoms with E-state index in [1.165, 1.54) is 5.56 Å². The molecule has 6 nitrogen and oxygen atoms in total. The first-order valence-corrected chi connectivity index (χ1v) is 9.30. The van der Waals surface area contributed by atoms with Crippen LogP contribution in [0.2, 0.25) is 0 Å². The molecule has 138 valence electrons. The van der Waals surface area contributed by atoms with Gasteiger partial charge in [0, 0.05) is 17.8 Å². The van der Waals surface area contributed by atoms with Crippen molar-refractivity contribution >= 4 is 11.7 Å². The topological polar surface area (TPSA) is 71.3 Å². The van der Waals surface area contributed by atoms with Gasteiger partial charge in [0.05, 0.1) is 0 Å². The van der Waals surface area contributed by atoms with Crippen LogP contribution in [0.4, 0.5) is 10.5 Å². The highest BCUT2D eigenvalue weighted by Crippen LogP contribution is 2.32. The molecule has 0 saturated carbocycles. The van der Waals surface area contributed by atoms with Gasteiger partial charge >= 0.3 is 6.03 Å². The Labute approximate surface area is 158 Å². The molecule has 0 bridgehead atoms. The van der Waals surface area contributed by atoms with Gasteiger partial charge in [0.2, 0.25) is 11.7 Å². The van der Waals surface area contributed by atoms with Crippen molar-refractivity contribution in [2.45, 2.75) is 32.2 Å². The molecule has 2 aromatic carbocycles. The van der Waals surface area contributed by atoms with E-state index in [0.717, 1.165) is 30.5 Å². The third kappa shape index (κ3) is 3.69. The van der Waals surface area contributed by atoms with Gasteiger partial charge in [-0.15, -0.1) is 0 Å². The second-order valence-electron chi connectivity index (χ2n) is 6.65. The highest BCUT2D eigenvalue weighted by atomic mass is 16.5. The average Bonchev–Trinajstić information content (AvgIpc) is 3.38. The lowest BCUT2D eigenvalue weighted by Crippen LogP contribution is -2.34. The summed E-state index contributed by atoms with van der Waals surface area (Å²) in [7, 11) is 0. The van der Waals surface area contributed by atoms with Gasteiger partial charge in [-0.3, -0.25) is 0 Å². The predicted octanol–water partition coefficient (Wildman–Crippen LogP) is 4.67. The molecule has 0 spiro atoms. The highest BCUT2D eigenvalue weighted by Gasteiger charge is 2.34. The third-order valence-electron chi connectivity index (χ3n) is 4.89. The summed E-state index contributed by atoms with van der Waals surface area (Å²) in [5, 5.41) is 7.05. The minimum absolute atomic E-state index is 0.138. The van der Waals surface area contributed by atoms with Crippen LogP contribution in [0.1, 0.15) is 37.3 Å². The van der Waals surface area contributed by atoms with Crippen molar-refractivity contribution in [3.63, 3.8) is 0 Å². The maximum Gasteiger partial charge on any atom is 0.322 e. The number of carbonyl (C=O) groups excluding carboxylic acids is 1. The zero-order valence-electron chi connectivity index (χ0n) is 15.3. The van der Waals surface area contributed by atoms with Gasteiger partial charge in [0.25, 0.3) is 0 Å². The van der Waals surface area contributed by atoms with Gasteiger partial charge < -0.3 is 14.7 Å². The number of hydrogen-bond acceptors (Lipinski definition) is 4. The van der Waals surface area contributed by atoms with Crippen LogP contribution in [0.15, 0.2) is 59.1 Å². The maximum absolute atomic E-state index is 12.8. The maximum atomic E-state index is 12.8. The number of aryl methyl sites for hydroxylation is 1. The molecule has 0 aliphatic carbocycles. The van der Waals surface area contributed by atoms with E-state index in [0.29, 0.717) is 18.3 Å². The molecule has 2 heterocycles. The Hall–Kier alpha value is -3.15. The molecule has 1 aliphatic rings. The summed E-state index contributed by atoms with van der Waals surface area (Å²) in [5.74, 6) is 1.04. The van der Waals surface area contributed by atoms with Crippen LogP contribution in [0, 0.1) is 0 Å². The minimum atomic E-state index is -0.190. The smallest absolute Gasteiger partial charge is 0.322 e. The number of urea groups is 1. The summed E-state index contributed by atoms with van der Waals surface area (Å²) in [6, 6.07) is 17.3. The summed E-state index contributed by atoms with van der Waals surface area (Å²) < 4.78 is 5.48. The van der Waals surface area contributed by atoms with Crippen molar-refractivity contribution in [1.82, 2.24) is 15.0 Å². The van der Waals surface area contributed by atoms with E-state index < -0.39 is 0 Å². The zero-order valence-corrected chi connectivity index (χ0v) is 15.3. The molecule has 1 N–H and O–H groups in total. The number of nitrogens with zero attached hydrogens (tertiary/aromatic N) is 3. The van der Waals surface area contributed by atoms with Crippen LogP contribution >= 0.6 is 0 Å². The molecule has 1 aromatic heterocycles. The van der Waals surface area contributed by atoms with Gasteiger partial charge in [-0.05, 0) is 37.0 Å². The second kappa shape index (κ2) is 7.61. The van der Waals surface area contributed by atoms with Crippen molar-refractivity contribution in [3.05, 3.63) is 66.1 Å². The van der Waals surface area contributed by atoms with Gasteiger partial charge in [0.1, 0.15) is 6.04 Å². The number of likely N-dealkylation sites (tertiary alicyclic amines) is 1. The minimum Gasteiger partial charge on any atom is -0.337 e. The van der Waals surface area contributed by atoms with Gasteiger partial charge in [-0.2, -0.15) is 4.98 Å². The van der Waals surface area contributed by atoms with Gasteiger partial charge in [-0.25, -0.2) is 4.79 Å². The fourth-order valence-corrected chi connectivity index (χ4v) is 3.36. The lowest BCUT2D eigenvalue weighted by molar-refractivity contribution is 0.193. The van der Waals surface area contributed by atoms with E-state index in [4.69, 9.17) is 4.52 Å². The molecule has 1 fully saturated rings. The van der Waals surface area contributed by atoms with Crippen molar-refractivity contribution in [3.8, 4) is 11.4 Å². The van der Waals surface area contributed by atoms with E-state index in [1.54, 1.807) is 4.90 Å². The Kier molecular flexibility index (Phi) is 4.87. The molecule has 2 amide bonds. The normalized spacial score (nSPS) is 16.5. The molecule has 6 heteroatoms. The standard InChI is InChI=1S/C21H22N4O2/c1-2-15-10-12-17(13-11-15)22-21(26)25-14-6-9-18(25)20-23-19(24-27-20)16-7-4-3-5-8-16/h3-5,7-8,10-13,18H,2,6,9,14H2,1H3,(H,22,26)/t18-/m1/s1.